The van der Waals surface area contributed by atoms with Crippen LogP contribution in [-0.2, 0) is 9.59 Å². The number of carbonyl (C=O) groups excluding carboxylic acids is 2. The lowest BCUT2D eigenvalue weighted by molar-refractivity contribution is -0.191. The van der Waals surface area contributed by atoms with Gasteiger partial charge < -0.3 is 5.11 Å². The first kappa shape index (κ1) is 11.1. The van der Waals surface area contributed by atoms with E-state index < -0.39 is 0 Å². The van der Waals surface area contributed by atoms with Gasteiger partial charge in [0.25, 0.3) is 0 Å². The Morgan fingerprint density at radius 3 is 2.33 bits per heavy atom. The van der Waals surface area contributed by atoms with Gasteiger partial charge in [0.05, 0.1) is 0 Å². The first-order valence-electron chi connectivity index (χ1n) is 2.93. The molecule has 0 amide bonds. The molecule has 0 aliphatic carbocycles. The third-order valence-corrected chi connectivity index (χ3v) is 1.76. The van der Waals surface area contributed by atoms with Crippen LogP contribution in [0.15, 0.2) is 12.1 Å². The van der Waals surface area contributed by atoms with Crippen molar-refractivity contribution in [2.75, 3.05) is 0 Å². The van der Waals surface area contributed by atoms with E-state index in [1.807, 2.05) is 29.5 Å². The van der Waals surface area contributed by atoms with E-state index in [4.69, 9.17) is 14.7 Å². The largest absolute Gasteiger partial charge is 0.505 e. The van der Waals surface area contributed by atoms with Crippen LogP contribution in [0.5, 0.6) is 5.75 Å². The van der Waals surface area contributed by atoms with Gasteiger partial charge in [-0.05, 0) is 41.6 Å². The molecule has 0 aliphatic heterocycles. The molecule has 1 N–H and O–H groups in total. The number of pyridine rings is 1. The van der Waals surface area contributed by atoms with E-state index in [1.54, 1.807) is 12.1 Å². The minimum atomic E-state index is 0.250. The van der Waals surface area contributed by atoms with Gasteiger partial charge in [0.2, 0.25) is 0 Å². The zero-order valence-electron chi connectivity index (χ0n) is 6.24. The molecule has 0 bridgehead atoms. The molecule has 0 unspecified atom stereocenters. The molecule has 4 nitrogen and oxygen atoms in total. The average Bonchev–Trinajstić information content (AvgIpc) is 1.99. The first-order valence-corrected chi connectivity index (χ1v) is 4.01. The highest BCUT2D eigenvalue weighted by Gasteiger charge is 1.95. The minimum Gasteiger partial charge on any atom is -0.505 e. The van der Waals surface area contributed by atoms with Crippen molar-refractivity contribution in [2.24, 2.45) is 0 Å². The van der Waals surface area contributed by atoms with E-state index in [1.165, 1.54) is 0 Å². The molecule has 0 saturated heterocycles. The number of hydrogen-bond acceptors (Lipinski definition) is 4. The van der Waals surface area contributed by atoms with Crippen molar-refractivity contribution in [3.05, 3.63) is 21.5 Å². The zero-order chi connectivity index (χ0) is 9.56. The predicted octanol–water partition coefficient (Wildman–Crippen LogP) is 1.12. The minimum absolute atomic E-state index is 0.250. The molecule has 12 heavy (non-hydrogen) atoms. The number of halogens is 1. The number of nitrogens with zero attached hydrogens (tertiary/aromatic N) is 1. The maximum Gasteiger partial charge on any atom is 0.373 e. The molecule has 1 aromatic heterocycles. The summed E-state index contributed by atoms with van der Waals surface area (Å²) in [6, 6.07) is 3.42. The van der Waals surface area contributed by atoms with Gasteiger partial charge in [-0.1, -0.05) is 0 Å². The molecule has 1 heterocycles. The zero-order valence-corrected chi connectivity index (χ0v) is 8.40. The van der Waals surface area contributed by atoms with E-state index in [-0.39, 0.29) is 11.9 Å². The van der Waals surface area contributed by atoms with E-state index in [9.17, 15) is 0 Å². The fourth-order valence-corrected chi connectivity index (χ4v) is 1.08. The SMILES string of the molecule is Cc1ccc(O)c(I)n1.O=C=O. The fourth-order valence-electron chi connectivity index (χ4n) is 0.518. The van der Waals surface area contributed by atoms with Crippen LogP contribution in [0.2, 0.25) is 0 Å². The Labute approximate surface area is 82.8 Å². The average molecular weight is 279 g/mol. The normalized spacial score (nSPS) is 7.83. The molecule has 0 aromatic carbocycles. The molecule has 0 radical (unpaired) electrons. The molecule has 1 rings (SSSR count). The van der Waals surface area contributed by atoms with Crippen LogP contribution in [-0.4, -0.2) is 16.2 Å². The molecule has 0 fully saturated rings. The second-order valence-corrected chi connectivity index (χ2v) is 2.87. The highest BCUT2D eigenvalue weighted by atomic mass is 127. The fraction of sp³-hybridized carbons (Fsp3) is 0.143. The van der Waals surface area contributed by atoms with Crippen LogP contribution in [0.3, 0.4) is 0 Å². The topological polar surface area (TPSA) is 67.3 Å². The third-order valence-electron chi connectivity index (χ3n) is 0.968. The Kier molecular flexibility index (Phi) is 5.23. The Balaban J connectivity index is 0.000000354. The van der Waals surface area contributed by atoms with Crippen LogP contribution < -0.4 is 0 Å². The molecule has 0 atom stereocenters. The number of rotatable bonds is 0. The summed E-state index contributed by atoms with van der Waals surface area (Å²) >= 11 is 1.99. The summed E-state index contributed by atoms with van der Waals surface area (Å²) in [6.45, 7) is 1.89. The van der Waals surface area contributed by atoms with Crippen LogP contribution >= 0.6 is 22.6 Å². The second kappa shape index (κ2) is 5.68. The third kappa shape index (κ3) is 4.05. The molecule has 0 saturated carbocycles. The van der Waals surface area contributed by atoms with Crippen molar-refractivity contribution in [1.82, 2.24) is 4.98 Å². The number of aromatic hydroxyl groups is 1. The number of hydrogen-bond donors (Lipinski definition) is 1. The van der Waals surface area contributed by atoms with Crippen LogP contribution in [0, 0.1) is 10.6 Å². The van der Waals surface area contributed by atoms with Gasteiger partial charge in [0, 0.05) is 5.69 Å². The molecular formula is C7H6INO3. The summed E-state index contributed by atoms with van der Waals surface area (Å²) in [6.07, 6.45) is 0.250. The van der Waals surface area contributed by atoms with Crippen LogP contribution in [0.25, 0.3) is 0 Å². The van der Waals surface area contributed by atoms with Gasteiger partial charge in [-0.3, -0.25) is 0 Å². The second-order valence-electron chi connectivity index (χ2n) is 1.85. The summed E-state index contributed by atoms with van der Waals surface area (Å²) in [5, 5.41) is 8.97. The molecule has 5 heteroatoms. The van der Waals surface area contributed by atoms with E-state index in [0.29, 0.717) is 3.70 Å². The maximum atomic E-state index is 8.97. The lowest BCUT2D eigenvalue weighted by atomic mass is 10.4. The monoisotopic (exact) mass is 279 g/mol. The van der Waals surface area contributed by atoms with Crippen molar-refractivity contribution in [3.63, 3.8) is 0 Å². The lowest BCUT2D eigenvalue weighted by Gasteiger charge is -1.94. The summed E-state index contributed by atoms with van der Waals surface area (Å²) in [5.74, 6) is 0.251. The van der Waals surface area contributed by atoms with Crippen LogP contribution in [0.1, 0.15) is 5.69 Å². The lowest BCUT2D eigenvalue weighted by Crippen LogP contribution is -1.83. The molecule has 0 spiro atoms. The maximum absolute atomic E-state index is 8.97. The van der Waals surface area contributed by atoms with E-state index in [0.717, 1.165) is 5.69 Å². The Morgan fingerprint density at radius 2 is 2.00 bits per heavy atom. The highest BCUT2D eigenvalue weighted by Crippen LogP contribution is 2.15. The van der Waals surface area contributed by atoms with Gasteiger partial charge in [-0.25, -0.2) is 4.98 Å². The van der Waals surface area contributed by atoms with Gasteiger partial charge >= 0.3 is 6.15 Å². The van der Waals surface area contributed by atoms with Gasteiger partial charge in [-0.2, -0.15) is 9.59 Å². The number of aromatic nitrogens is 1. The van der Waals surface area contributed by atoms with Gasteiger partial charge in [0.1, 0.15) is 9.45 Å². The molecule has 0 aliphatic rings. The van der Waals surface area contributed by atoms with E-state index >= 15 is 0 Å². The molecule has 64 valence electrons. The Morgan fingerprint density at radius 1 is 1.50 bits per heavy atom. The van der Waals surface area contributed by atoms with Crippen molar-refractivity contribution < 1.29 is 14.7 Å². The Hall–Kier alpha value is -0.940. The van der Waals surface area contributed by atoms with E-state index in [2.05, 4.69) is 4.98 Å². The van der Waals surface area contributed by atoms with Crippen molar-refractivity contribution in [2.45, 2.75) is 6.92 Å². The van der Waals surface area contributed by atoms with Crippen molar-refractivity contribution in [1.29, 1.82) is 0 Å². The number of aryl methyl sites for hydroxylation is 1. The summed E-state index contributed by atoms with van der Waals surface area (Å²) in [4.78, 5) is 20.3. The standard InChI is InChI=1S/C6H6INO.CO2/c1-4-2-3-5(9)6(7)8-4;2-1-3/h2-3,9H,1H3;. The highest BCUT2D eigenvalue weighted by molar-refractivity contribution is 14.1. The van der Waals surface area contributed by atoms with Gasteiger partial charge in [0.15, 0.2) is 0 Å². The Bertz CT molecular complexity index is 295. The quantitative estimate of drug-likeness (QED) is 0.570. The smallest absolute Gasteiger partial charge is 0.373 e. The molecule has 1 aromatic rings. The van der Waals surface area contributed by atoms with Crippen molar-refractivity contribution in [3.8, 4) is 5.75 Å². The summed E-state index contributed by atoms with van der Waals surface area (Å²) in [7, 11) is 0. The predicted molar refractivity (Wildman–Crippen MR) is 48.4 cm³/mol. The summed E-state index contributed by atoms with van der Waals surface area (Å²) < 4.78 is 0.660. The van der Waals surface area contributed by atoms with Crippen LogP contribution in [0.4, 0.5) is 0 Å². The first-order chi connectivity index (χ1) is 5.61. The van der Waals surface area contributed by atoms with Gasteiger partial charge in [-0.15, -0.1) is 0 Å². The van der Waals surface area contributed by atoms with Crippen molar-refractivity contribution >= 4 is 28.7 Å². The summed E-state index contributed by atoms with van der Waals surface area (Å²) in [5.41, 5.74) is 0.928. The molecular weight excluding hydrogens is 273 g/mol.